The molecule has 0 aromatic rings. The van der Waals surface area contributed by atoms with Crippen LogP contribution >= 0.6 is 0 Å². The number of hydrogen-bond donors (Lipinski definition) is 1. The lowest BCUT2D eigenvalue weighted by atomic mass is 9.73. The highest BCUT2D eigenvalue weighted by molar-refractivity contribution is 5.78. The second-order valence-electron chi connectivity index (χ2n) is 7.40. The number of allylic oxidation sites excluding steroid dienone is 4. The van der Waals surface area contributed by atoms with Gasteiger partial charge < -0.3 is 20.1 Å². The zero-order valence-electron chi connectivity index (χ0n) is 19.5. The number of nitrogens with zero attached hydrogens (tertiary/aromatic N) is 1. The second kappa shape index (κ2) is 14.9. The summed E-state index contributed by atoms with van der Waals surface area (Å²) in [5.41, 5.74) is 4.17. The van der Waals surface area contributed by atoms with Crippen molar-refractivity contribution in [2.45, 2.75) is 66.4 Å². The standard InChI is InChI=1S/C20H31NO4.C2H6.CH5N/c1-7-9-10-16(3)15-20(17(22)24-8-2)11-13-21(14-12-20)18(23)25-19(4,5)6;2*1-2/h7,9-10H,1,3,8,11-15H2,2,4-6H3;1-2H3;2H2,1H3/b10-9-;;. The van der Waals surface area contributed by atoms with Crippen LogP contribution in [-0.4, -0.2) is 49.3 Å². The Balaban J connectivity index is 0. The van der Waals surface area contributed by atoms with Crippen molar-refractivity contribution in [3.63, 3.8) is 0 Å². The fourth-order valence-electron chi connectivity index (χ4n) is 2.88. The molecule has 1 heterocycles. The average molecular weight is 411 g/mol. The summed E-state index contributed by atoms with van der Waals surface area (Å²) in [6, 6.07) is 0. The summed E-state index contributed by atoms with van der Waals surface area (Å²) in [7, 11) is 1.50. The van der Waals surface area contributed by atoms with Gasteiger partial charge in [0.15, 0.2) is 0 Å². The summed E-state index contributed by atoms with van der Waals surface area (Å²) < 4.78 is 10.7. The van der Waals surface area contributed by atoms with Crippen molar-refractivity contribution >= 4 is 12.1 Å². The molecular formula is C23H42N2O4. The molecule has 1 aliphatic heterocycles. The SMILES string of the molecule is C=C/C=C\C(=C)CC1(C(=O)OCC)CCN(C(=O)OC(C)(C)C)CC1.CC.CN. The van der Waals surface area contributed by atoms with Crippen LogP contribution in [0.2, 0.25) is 0 Å². The first-order valence-corrected chi connectivity index (χ1v) is 10.3. The van der Waals surface area contributed by atoms with Crippen molar-refractivity contribution in [2.24, 2.45) is 11.1 Å². The first-order valence-electron chi connectivity index (χ1n) is 10.3. The van der Waals surface area contributed by atoms with Gasteiger partial charge in [0.2, 0.25) is 0 Å². The molecular weight excluding hydrogens is 368 g/mol. The maximum absolute atomic E-state index is 12.6. The molecule has 0 radical (unpaired) electrons. The third kappa shape index (κ3) is 10.9. The molecule has 2 N–H and O–H groups in total. The number of amides is 1. The Kier molecular flexibility index (Phi) is 14.9. The van der Waals surface area contributed by atoms with Crippen LogP contribution in [0.5, 0.6) is 0 Å². The second-order valence-corrected chi connectivity index (χ2v) is 7.40. The van der Waals surface area contributed by atoms with E-state index in [0.29, 0.717) is 39.0 Å². The number of nitrogens with two attached hydrogens (primary N) is 1. The molecule has 1 fully saturated rings. The first-order chi connectivity index (χ1) is 13.6. The fourth-order valence-corrected chi connectivity index (χ4v) is 2.88. The number of hydrogen-bond acceptors (Lipinski definition) is 5. The number of likely N-dealkylation sites (tertiary alicyclic amines) is 1. The van der Waals surface area contributed by atoms with Crippen LogP contribution < -0.4 is 5.73 Å². The largest absolute Gasteiger partial charge is 0.466 e. The number of carbonyl (C=O) groups excluding carboxylic acids is 2. The van der Waals surface area contributed by atoms with Gasteiger partial charge >= 0.3 is 12.1 Å². The van der Waals surface area contributed by atoms with Crippen molar-refractivity contribution in [3.8, 4) is 0 Å². The molecule has 6 nitrogen and oxygen atoms in total. The van der Waals surface area contributed by atoms with Crippen molar-refractivity contribution in [1.29, 1.82) is 0 Å². The van der Waals surface area contributed by atoms with Crippen LogP contribution in [0.25, 0.3) is 0 Å². The van der Waals surface area contributed by atoms with Crippen LogP contribution in [-0.2, 0) is 14.3 Å². The average Bonchev–Trinajstić information content (AvgIpc) is 2.69. The lowest BCUT2D eigenvalue weighted by molar-refractivity contribution is -0.158. The van der Waals surface area contributed by atoms with Gasteiger partial charge in [-0.05, 0) is 54.0 Å². The smallest absolute Gasteiger partial charge is 0.410 e. The van der Waals surface area contributed by atoms with Gasteiger partial charge in [-0.3, -0.25) is 4.79 Å². The van der Waals surface area contributed by atoms with E-state index in [1.54, 1.807) is 24.0 Å². The van der Waals surface area contributed by atoms with Crippen LogP contribution in [0.4, 0.5) is 4.79 Å². The van der Waals surface area contributed by atoms with Crippen molar-refractivity contribution < 1.29 is 19.1 Å². The van der Waals surface area contributed by atoms with E-state index in [4.69, 9.17) is 9.47 Å². The van der Waals surface area contributed by atoms with Crippen molar-refractivity contribution in [1.82, 2.24) is 4.90 Å². The summed E-state index contributed by atoms with van der Waals surface area (Å²) in [4.78, 5) is 26.5. The molecule has 168 valence electrons. The summed E-state index contributed by atoms with van der Waals surface area (Å²) in [5, 5.41) is 0. The summed E-state index contributed by atoms with van der Waals surface area (Å²) in [6.07, 6.45) is 6.57. The van der Waals surface area contributed by atoms with E-state index in [1.807, 2.05) is 40.7 Å². The zero-order chi connectivity index (χ0) is 23.1. The maximum atomic E-state index is 12.6. The van der Waals surface area contributed by atoms with Gasteiger partial charge in [-0.1, -0.05) is 50.8 Å². The van der Waals surface area contributed by atoms with Crippen molar-refractivity contribution in [3.05, 3.63) is 37.0 Å². The number of ether oxygens (including phenoxy) is 2. The summed E-state index contributed by atoms with van der Waals surface area (Å²) in [6.45, 7) is 20.3. The molecule has 0 aliphatic carbocycles. The Bertz CT molecular complexity index is 540. The van der Waals surface area contributed by atoms with Crippen LogP contribution in [0, 0.1) is 5.41 Å². The van der Waals surface area contributed by atoms with E-state index in [9.17, 15) is 9.59 Å². The Morgan fingerprint density at radius 3 is 2.10 bits per heavy atom. The van der Waals surface area contributed by atoms with E-state index in [0.717, 1.165) is 5.57 Å². The Morgan fingerprint density at radius 2 is 1.69 bits per heavy atom. The molecule has 0 saturated carbocycles. The molecule has 6 heteroatoms. The van der Waals surface area contributed by atoms with Gasteiger partial charge in [0.25, 0.3) is 0 Å². The lowest BCUT2D eigenvalue weighted by Gasteiger charge is -2.40. The molecule has 1 amide bonds. The van der Waals surface area contributed by atoms with E-state index in [1.165, 1.54) is 7.05 Å². The minimum absolute atomic E-state index is 0.216. The monoisotopic (exact) mass is 410 g/mol. The van der Waals surface area contributed by atoms with Gasteiger partial charge in [-0.25, -0.2) is 4.79 Å². The molecule has 0 aromatic carbocycles. The van der Waals surface area contributed by atoms with Gasteiger partial charge in [0.1, 0.15) is 5.60 Å². The molecule has 0 spiro atoms. The normalized spacial score (nSPS) is 15.2. The molecule has 1 saturated heterocycles. The first kappa shape index (κ1) is 29.1. The number of carbonyl (C=O) groups is 2. The quantitative estimate of drug-likeness (QED) is 0.500. The molecule has 0 aromatic heterocycles. The van der Waals surface area contributed by atoms with E-state index >= 15 is 0 Å². The number of esters is 1. The van der Waals surface area contributed by atoms with Crippen LogP contribution in [0.3, 0.4) is 0 Å². The zero-order valence-corrected chi connectivity index (χ0v) is 19.5. The highest BCUT2D eigenvalue weighted by Crippen LogP contribution is 2.39. The van der Waals surface area contributed by atoms with Crippen LogP contribution in [0.15, 0.2) is 37.0 Å². The third-order valence-electron chi connectivity index (χ3n) is 4.11. The molecule has 1 aliphatic rings. The summed E-state index contributed by atoms with van der Waals surface area (Å²) in [5.74, 6) is -0.216. The minimum atomic E-state index is -0.642. The highest BCUT2D eigenvalue weighted by Gasteiger charge is 2.44. The minimum Gasteiger partial charge on any atom is -0.466 e. The van der Waals surface area contributed by atoms with E-state index < -0.39 is 11.0 Å². The number of rotatable bonds is 6. The molecule has 29 heavy (non-hydrogen) atoms. The molecule has 0 atom stereocenters. The predicted octanol–water partition coefficient (Wildman–Crippen LogP) is 4.86. The van der Waals surface area contributed by atoms with E-state index in [2.05, 4.69) is 18.9 Å². The third-order valence-corrected chi connectivity index (χ3v) is 4.11. The Morgan fingerprint density at radius 1 is 1.17 bits per heavy atom. The van der Waals surface area contributed by atoms with Crippen LogP contribution in [0.1, 0.15) is 60.8 Å². The van der Waals surface area contributed by atoms with Gasteiger partial charge in [-0.2, -0.15) is 0 Å². The lowest BCUT2D eigenvalue weighted by Crippen LogP contribution is -2.48. The Labute approximate surface area is 177 Å². The topological polar surface area (TPSA) is 81.9 Å². The fraction of sp³-hybridized carbons (Fsp3) is 0.652. The van der Waals surface area contributed by atoms with Crippen molar-refractivity contribution in [2.75, 3.05) is 26.7 Å². The highest BCUT2D eigenvalue weighted by atomic mass is 16.6. The van der Waals surface area contributed by atoms with Gasteiger partial charge in [0, 0.05) is 13.1 Å². The molecule has 1 rings (SSSR count). The number of piperidine rings is 1. The molecule has 0 bridgehead atoms. The van der Waals surface area contributed by atoms with E-state index in [-0.39, 0.29) is 12.1 Å². The Hall–Kier alpha value is -2.08. The van der Waals surface area contributed by atoms with Gasteiger partial charge in [0.05, 0.1) is 12.0 Å². The summed E-state index contributed by atoms with van der Waals surface area (Å²) >= 11 is 0. The predicted molar refractivity (Wildman–Crippen MR) is 121 cm³/mol. The maximum Gasteiger partial charge on any atom is 0.410 e. The van der Waals surface area contributed by atoms with Gasteiger partial charge in [-0.15, -0.1) is 0 Å². The molecule has 0 unspecified atom stereocenters.